The van der Waals surface area contributed by atoms with E-state index in [0.717, 1.165) is 34.7 Å². The summed E-state index contributed by atoms with van der Waals surface area (Å²) in [5.41, 5.74) is 4.05. The van der Waals surface area contributed by atoms with Gasteiger partial charge in [-0.2, -0.15) is 0 Å². The summed E-state index contributed by atoms with van der Waals surface area (Å²) in [6.45, 7) is 10.8. The Hall–Kier alpha value is -2.05. The molecule has 0 atom stereocenters. The van der Waals surface area contributed by atoms with Crippen molar-refractivity contribution >= 4 is 29.2 Å². The van der Waals surface area contributed by atoms with Gasteiger partial charge >= 0.3 is 0 Å². The molecule has 5 nitrogen and oxygen atoms in total. The van der Waals surface area contributed by atoms with Gasteiger partial charge < -0.3 is 10.6 Å². The molecule has 0 unspecified atom stereocenters. The monoisotopic (exact) mass is 410 g/mol. The fraction of sp³-hybridized carbons (Fsp3) is 0.478. The molecule has 29 heavy (non-hydrogen) atoms. The average Bonchev–Trinajstić information content (AvgIpc) is 3.17. The van der Waals surface area contributed by atoms with E-state index in [1.54, 1.807) is 16.7 Å². The van der Waals surface area contributed by atoms with E-state index in [-0.39, 0.29) is 23.0 Å². The molecule has 6 heteroatoms. The van der Waals surface area contributed by atoms with Crippen LogP contribution in [0.5, 0.6) is 0 Å². The number of benzene rings is 1. The highest BCUT2D eigenvalue weighted by Crippen LogP contribution is 2.39. The fourth-order valence-corrected chi connectivity index (χ4v) is 5.84. The molecule has 0 aliphatic carbocycles. The largest absolute Gasteiger partial charge is 0.349 e. The topological polar surface area (TPSA) is 68.2 Å². The molecule has 0 bridgehead atoms. The number of likely N-dealkylation sites (tertiary alicyclic amines) is 1. The first-order chi connectivity index (χ1) is 13.5. The lowest BCUT2D eigenvalue weighted by atomic mass is 9.79. The summed E-state index contributed by atoms with van der Waals surface area (Å²) in [6, 6.07) is 8.43. The van der Waals surface area contributed by atoms with Crippen molar-refractivity contribution in [3.8, 4) is 0 Å². The van der Waals surface area contributed by atoms with Gasteiger partial charge in [-0.25, -0.2) is 0 Å². The summed E-state index contributed by atoms with van der Waals surface area (Å²) in [6.07, 6.45) is 2.00. The van der Waals surface area contributed by atoms with E-state index in [1.807, 2.05) is 0 Å². The van der Waals surface area contributed by atoms with Crippen LogP contribution in [0.2, 0.25) is 0 Å². The van der Waals surface area contributed by atoms with Crippen molar-refractivity contribution < 1.29 is 4.79 Å². The molecule has 0 saturated carbocycles. The molecule has 154 valence electrons. The minimum atomic E-state index is -0.0661. The van der Waals surface area contributed by atoms with Crippen LogP contribution in [-0.2, 0) is 4.79 Å². The minimum Gasteiger partial charge on any atom is -0.349 e. The average molecular weight is 411 g/mol. The van der Waals surface area contributed by atoms with Crippen molar-refractivity contribution in [1.29, 1.82) is 5.41 Å². The highest BCUT2D eigenvalue weighted by Gasteiger charge is 2.45. The van der Waals surface area contributed by atoms with Gasteiger partial charge in [-0.3, -0.25) is 15.1 Å². The molecule has 2 fully saturated rings. The van der Waals surface area contributed by atoms with Crippen molar-refractivity contribution in [1.82, 2.24) is 15.5 Å². The molecule has 2 saturated heterocycles. The third kappa shape index (κ3) is 4.01. The molecule has 3 aliphatic heterocycles. The van der Waals surface area contributed by atoms with Gasteiger partial charge in [0.15, 0.2) is 0 Å². The Balaban J connectivity index is 1.55. The van der Waals surface area contributed by atoms with Crippen LogP contribution in [0.3, 0.4) is 0 Å². The van der Waals surface area contributed by atoms with Gasteiger partial charge in [0.25, 0.3) is 0 Å². The number of hydrogen-bond donors (Lipinski definition) is 3. The van der Waals surface area contributed by atoms with Crippen molar-refractivity contribution in [3.05, 3.63) is 51.4 Å². The number of hydrogen-bond acceptors (Lipinski definition) is 5. The van der Waals surface area contributed by atoms with E-state index < -0.39 is 0 Å². The fourth-order valence-electron chi connectivity index (χ4n) is 4.93. The summed E-state index contributed by atoms with van der Waals surface area (Å²) in [5.74, 6) is 0.407. The first-order valence-electron chi connectivity index (χ1n) is 10.2. The summed E-state index contributed by atoms with van der Waals surface area (Å²) in [5, 5.41) is 18.9. The van der Waals surface area contributed by atoms with Crippen molar-refractivity contribution in [2.75, 3.05) is 0 Å². The van der Waals surface area contributed by atoms with Gasteiger partial charge in [-0.05, 0) is 53.0 Å². The second-order valence-corrected chi connectivity index (χ2v) is 10.6. The summed E-state index contributed by atoms with van der Waals surface area (Å²) in [7, 11) is 0. The van der Waals surface area contributed by atoms with Gasteiger partial charge in [-0.15, -0.1) is 0 Å². The Labute approximate surface area is 177 Å². The number of piperidine rings is 1. The molecule has 1 amide bonds. The molecular formula is C23H30N4OS. The van der Waals surface area contributed by atoms with Crippen LogP contribution in [0, 0.1) is 12.3 Å². The van der Waals surface area contributed by atoms with E-state index in [4.69, 9.17) is 5.41 Å². The van der Waals surface area contributed by atoms with Crippen LogP contribution < -0.4 is 10.6 Å². The maximum absolute atomic E-state index is 12.9. The molecule has 3 N–H and O–H groups in total. The van der Waals surface area contributed by atoms with Gasteiger partial charge in [0.2, 0.25) is 5.91 Å². The highest BCUT2D eigenvalue weighted by atomic mass is 32.2. The Morgan fingerprint density at radius 2 is 1.72 bits per heavy atom. The molecule has 1 aromatic carbocycles. The molecular weight excluding hydrogens is 380 g/mol. The predicted molar refractivity (Wildman–Crippen MR) is 120 cm³/mol. The third-order valence-corrected chi connectivity index (χ3v) is 6.77. The summed E-state index contributed by atoms with van der Waals surface area (Å²) >= 11 is 1.58. The number of nitrogens with one attached hydrogen (secondary N) is 3. The lowest BCUT2D eigenvalue weighted by molar-refractivity contribution is -0.128. The van der Waals surface area contributed by atoms with Gasteiger partial charge in [0.05, 0.1) is 17.1 Å². The number of amides is 1. The zero-order valence-corrected chi connectivity index (χ0v) is 18.7. The van der Waals surface area contributed by atoms with E-state index in [0.29, 0.717) is 12.3 Å². The van der Waals surface area contributed by atoms with Crippen molar-refractivity contribution in [2.24, 2.45) is 0 Å². The maximum atomic E-state index is 12.9. The van der Waals surface area contributed by atoms with Crippen molar-refractivity contribution in [2.45, 2.75) is 71.0 Å². The predicted octanol–water partition coefficient (Wildman–Crippen LogP) is 4.36. The Morgan fingerprint density at radius 3 is 2.34 bits per heavy atom. The molecule has 1 aromatic rings. The molecule has 4 rings (SSSR count). The lowest BCUT2D eigenvalue weighted by Crippen LogP contribution is -2.62. The van der Waals surface area contributed by atoms with Crippen LogP contribution in [0.4, 0.5) is 0 Å². The number of nitrogens with zero attached hydrogens (tertiary/aromatic N) is 1. The van der Waals surface area contributed by atoms with E-state index in [2.05, 4.69) is 74.9 Å². The lowest BCUT2D eigenvalue weighted by Gasteiger charge is -2.48. The van der Waals surface area contributed by atoms with Gasteiger partial charge in [0.1, 0.15) is 5.84 Å². The number of carbonyl (C=O) groups excluding carboxylic acids is 1. The van der Waals surface area contributed by atoms with Gasteiger partial charge in [0, 0.05) is 28.1 Å². The summed E-state index contributed by atoms with van der Waals surface area (Å²) in [4.78, 5) is 14.7. The standard InChI is InChI=1S/C23H30N4OS/c1-14-6-8-15(9-7-14)18-13-29-21(25-18)17-10-19(28)27(20(17)24)16-11-22(2,3)26-23(4,5)12-16/h6-9,13,16,24-26H,10-12H2,1-5H3. The molecule has 3 aliphatic rings. The van der Waals surface area contributed by atoms with Crippen LogP contribution in [0.25, 0.3) is 5.70 Å². The van der Waals surface area contributed by atoms with Crippen LogP contribution in [0.1, 0.15) is 58.1 Å². The highest BCUT2D eigenvalue weighted by molar-refractivity contribution is 8.06. The number of amidine groups is 1. The number of carbonyl (C=O) groups is 1. The van der Waals surface area contributed by atoms with E-state index in [9.17, 15) is 4.79 Å². The molecule has 3 heterocycles. The molecule has 0 radical (unpaired) electrons. The second-order valence-electron chi connectivity index (χ2n) is 9.69. The SMILES string of the molecule is Cc1ccc(C2=CSC(=C3CC(=O)N(C4CC(C)(C)NC(C)(C)C4)C3=N)N2)cc1. The minimum absolute atomic E-state index is 0.0437. The van der Waals surface area contributed by atoms with Crippen LogP contribution in [-0.4, -0.2) is 33.8 Å². The Bertz CT molecular complexity index is 911. The summed E-state index contributed by atoms with van der Waals surface area (Å²) < 4.78 is 0. The van der Waals surface area contributed by atoms with Crippen molar-refractivity contribution in [3.63, 3.8) is 0 Å². The maximum Gasteiger partial charge on any atom is 0.233 e. The second kappa shape index (κ2) is 7.03. The first-order valence-corrected chi connectivity index (χ1v) is 11.1. The number of rotatable bonds is 2. The zero-order valence-electron chi connectivity index (χ0n) is 17.8. The number of thioether (sulfide) groups is 1. The number of aryl methyl sites for hydroxylation is 1. The first kappa shape index (κ1) is 20.2. The van der Waals surface area contributed by atoms with E-state index in [1.165, 1.54) is 5.56 Å². The van der Waals surface area contributed by atoms with Crippen LogP contribution in [0.15, 0.2) is 40.3 Å². The Morgan fingerprint density at radius 1 is 1.10 bits per heavy atom. The van der Waals surface area contributed by atoms with Gasteiger partial charge in [-0.1, -0.05) is 41.6 Å². The molecule has 0 spiro atoms. The molecule has 0 aromatic heterocycles. The quantitative estimate of drug-likeness (QED) is 0.678. The van der Waals surface area contributed by atoms with Crippen LogP contribution >= 0.6 is 11.8 Å². The normalized spacial score (nSPS) is 26.7. The van der Waals surface area contributed by atoms with E-state index >= 15 is 0 Å². The third-order valence-electron chi connectivity index (χ3n) is 5.84. The zero-order chi connectivity index (χ0) is 21.0. The Kier molecular flexibility index (Phi) is 4.90. The smallest absolute Gasteiger partial charge is 0.233 e.